The SMILES string of the molecule is CC(C)c1cc(CS(=O)(=O)c2ccc3ccccc3c2)c(C(=O)O)cc1-c1ccc(CCc2cccc(C(F)(F)F)c2)cc1. The number of sulfone groups is 1. The van der Waals surface area contributed by atoms with Crippen LogP contribution in [0.4, 0.5) is 13.2 Å². The average molecular weight is 617 g/mol. The fraction of sp³-hybridized carbons (Fsp3) is 0.194. The molecule has 5 aromatic rings. The molecule has 0 spiro atoms. The van der Waals surface area contributed by atoms with Crippen molar-refractivity contribution in [2.24, 2.45) is 0 Å². The Bertz CT molecular complexity index is 1940. The van der Waals surface area contributed by atoms with Crippen molar-refractivity contribution in [1.82, 2.24) is 0 Å². The Kier molecular flexibility index (Phi) is 8.66. The second-order valence-corrected chi connectivity index (χ2v) is 13.2. The van der Waals surface area contributed by atoms with E-state index in [1.807, 2.05) is 62.4 Å². The molecular formula is C36H31F3O4S. The molecule has 0 aliphatic rings. The van der Waals surface area contributed by atoms with E-state index in [4.69, 9.17) is 0 Å². The summed E-state index contributed by atoms with van der Waals surface area (Å²) in [6.07, 6.45) is -3.43. The normalized spacial score (nSPS) is 12.1. The number of fused-ring (bicyclic) bond motifs is 1. The summed E-state index contributed by atoms with van der Waals surface area (Å²) in [7, 11) is -3.85. The quantitative estimate of drug-likeness (QED) is 0.179. The van der Waals surface area contributed by atoms with Crippen molar-refractivity contribution < 1.29 is 31.5 Å². The zero-order chi connectivity index (χ0) is 31.6. The Hall–Kier alpha value is -4.43. The van der Waals surface area contributed by atoms with E-state index < -0.39 is 33.3 Å². The van der Waals surface area contributed by atoms with E-state index in [0.717, 1.165) is 33.5 Å². The predicted octanol–water partition coefficient (Wildman–Crippen LogP) is 9.11. The van der Waals surface area contributed by atoms with Gasteiger partial charge < -0.3 is 5.11 Å². The lowest BCUT2D eigenvalue weighted by atomic mass is 9.88. The predicted molar refractivity (Wildman–Crippen MR) is 167 cm³/mol. The van der Waals surface area contributed by atoms with E-state index >= 15 is 0 Å². The van der Waals surface area contributed by atoms with Crippen LogP contribution in [0.5, 0.6) is 0 Å². The summed E-state index contributed by atoms with van der Waals surface area (Å²) in [5.74, 6) is -1.71. The Morgan fingerprint density at radius 1 is 0.773 bits per heavy atom. The number of hydrogen-bond acceptors (Lipinski definition) is 3. The molecule has 5 aromatic carbocycles. The Balaban J connectivity index is 1.43. The molecule has 44 heavy (non-hydrogen) atoms. The molecule has 226 valence electrons. The molecule has 0 unspecified atom stereocenters. The number of alkyl halides is 3. The van der Waals surface area contributed by atoms with E-state index in [1.165, 1.54) is 12.1 Å². The second-order valence-electron chi connectivity index (χ2n) is 11.2. The lowest BCUT2D eigenvalue weighted by molar-refractivity contribution is -0.137. The molecule has 0 bridgehead atoms. The largest absolute Gasteiger partial charge is 0.478 e. The van der Waals surface area contributed by atoms with Crippen LogP contribution in [0.1, 0.15) is 57.9 Å². The standard InChI is InChI=1S/C36H31F3O4S/c1-23(2)32-20-29(22-44(42,43)31-17-16-26-7-3-4-8-28(26)19-31)34(35(40)41)21-33(32)27-14-12-24(13-15-27)10-11-25-6-5-9-30(18-25)36(37,38)39/h3-9,12-21,23H,10-11,22H2,1-2H3,(H,40,41). The summed E-state index contributed by atoms with van der Waals surface area (Å²) in [6, 6.07) is 28.3. The third-order valence-electron chi connectivity index (χ3n) is 7.77. The van der Waals surface area contributed by atoms with Gasteiger partial charge in [0.25, 0.3) is 0 Å². The lowest BCUT2D eigenvalue weighted by Crippen LogP contribution is -2.12. The molecule has 1 N–H and O–H groups in total. The van der Waals surface area contributed by atoms with Gasteiger partial charge in [-0.1, -0.05) is 92.7 Å². The minimum absolute atomic E-state index is 0.0319. The monoisotopic (exact) mass is 616 g/mol. The van der Waals surface area contributed by atoms with E-state index in [2.05, 4.69) is 0 Å². The summed E-state index contributed by atoms with van der Waals surface area (Å²) in [4.78, 5) is 12.5. The van der Waals surface area contributed by atoms with Crippen LogP contribution < -0.4 is 0 Å². The van der Waals surface area contributed by atoms with Crippen LogP contribution in [-0.4, -0.2) is 19.5 Å². The molecule has 8 heteroatoms. The molecule has 0 heterocycles. The van der Waals surface area contributed by atoms with Gasteiger partial charge in [-0.15, -0.1) is 0 Å². The molecule has 0 aromatic heterocycles. The number of carboxylic acid groups (broad SMARTS) is 1. The van der Waals surface area contributed by atoms with Crippen molar-refractivity contribution in [1.29, 1.82) is 0 Å². The molecule has 0 atom stereocenters. The number of carbonyl (C=O) groups is 1. The fourth-order valence-electron chi connectivity index (χ4n) is 5.40. The summed E-state index contributed by atoms with van der Waals surface area (Å²) in [5.41, 5.74) is 3.25. The first kappa shape index (κ1) is 31.0. The van der Waals surface area contributed by atoms with Gasteiger partial charge in [0.15, 0.2) is 9.84 Å². The van der Waals surface area contributed by atoms with Crippen molar-refractivity contribution in [3.8, 4) is 11.1 Å². The Morgan fingerprint density at radius 3 is 2.11 bits per heavy atom. The van der Waals surface area contributed by atoms with Crippen LogP contribution in [0.3, 0.4) is 0 Å². The van der Waals surface area contributed by atoms with Gasteiger partial charge in [-0.05, 0) is 87.2 Å². The van der Waals surface area contributed by atoms with E-state index in [-0.39, 0.29) is 21.9 Å². The molecule has 0 saturated heterocycles. The molecule has 0 fully saturated rings. The minimum Gasteiger partial charge on any atom is -0.478 e. The fourth-order valence-corrected chi connectivity index (χ4v) is 6.80. The molecule has 5 rings (SSSR count). The maximum absolute atomic E-state index is 13.5. The molecule has 4 nitrogen and oxygen atoms in total. The number of aromatic carboxylic acids is 1. The Labute approximate surface area is 254 Å². The maximum Gasteiger partial charge on any atom is 0.416 e. The lowest BCUT2D eigenvalue weighted by Gasteiger charge is -2.18. The van der Waals surface area contributed by atoms with E-state index in [1.54, 1.807) is 36.4 Å². The highest BCUT2D eigenvalue weighted by Gasteiger charge is 2.30. The van der Waals surface area contributed by atoms with Crippen molar-refractivity contribution in [3.63, 3.8) is 0 Å². The smallest absolute Gasteiger partial charge is 0.416 e. The summed E-state index contributed by atoms with van der Waals surface area (Å²) < 4.78 is 66.2. The highest BCUT2D eigenvalue weighted by molar-refractivity contribution is 7.90. The van der Waals surface area contributed by atoms with Gasteiger partial charge in [0, 0.05) is 0 Å². The number of halogens is 3. The molecule has 0 aliphatic carbocycles. The van der Waals surface area contributed by atoms with Gasteiger partial charge in [-0.25, -0.2) is 13.2 Å². The molecule has 0 aliphatic heterocycles. The maximum atomic E-state index is 13.5. The summed E-state index contributed by atoms with van der Waals surface area (Å²) >= 11 is 0. The number of hydrogen-bond donors (Lipinski definition) is 1. The average Bonchev–Trinajstić information content (AvgIpc) is 2.99. The van der Waals surface area contributed by atoms with Gasteiger partial charge in [0.1, 0.15) is 0 Å². The van der Waals surface area contributed by atoms with Crippen LogP contribution in [-0.2, 0) is 34.6 Å². The van der Waals surface area contributed by atoms with Crippen molar-refractivity contribution >= 4 is 26.6 Å². The third kappa shape index (κ3) is 6.86. The van der Waals surface area contributed by atoms with Crippen LogP contribution >= 0.6 is 0 Å². The van der Waals surface area contributed by atoms with Crippen LogP contribution in [0.15, 0.2) is 108 Å². The number of carboxylic acids is 1. The number of rotatable bonds is 9. The van der Waals surface area contributed by atoms with Gasteiger partial charge >= 0.3 is 12.1 Å². The highest BCUT2D eigenvalue weighted by Crippen LogP contribution is 2.35. The van der Waals surface area contributed by atoms with E-state index in [0.29, 0.717) is 24.0 Å². The van der Waals surface area contributed by atoms with Gasteiger partial charge in [-0.3, -0.25) is 0 Å². The second kappa shape index (κ2) is 12.3. The molecular weight excluding hydrogens is 585 g/mol. The van der Waals surface area contributed by atoms with Crippen LogP contribution in [0.2, 0.25) is 0 Å². The first-order valence-corrected chi connectivity index (χ1v) is 15.8. The van der Waals surface area contributed by atoms with Crippen molar-refractivity contribution in [2.45, 2.75) is 49.4 Å². The third-order valence-corrected chi connectivity index (χ3v) is 9.44. The molecule has 0 radical (unpaired) electrons. The number of aryl methyl sites for hydroxylation is 2. The molecule has 0 amide bonds. The summed E-state index contributed by atoms with van der Waals surface area (Å²) in [6.45, 7) is 3.93. The van der Waals surface area contributed by atoms with Gasteiger partial charge in [0.2, 0.25) is 0 Å². The highest BCUT2D eigenvalue weighted by atomic mass is 32.2. The van der Waals surface area contributed by atoms with Gasteiger partial charge in [-0.2, -0.15) is 13.2 Å². The zero-order valence-electron chi connectivity index (χ0n) is 24.2. The Morgan fingerprint density at radius 2 is 1.45 bits per heavy atom. The van der Waals surface area contributed by atoms with Crippen LogP contribution in [0, 0.1) is 0 Å². The minimum atomic E-state index is -4.39. The summed E-state index contributed by atoms with van der Waals surface area (Å²) in [5, 5.41) is 11.8. The first-order valence-electron chi connectivity index (χ1n) is 14.2. The molecule has 0 saturated carbocycles. The van der Waals surface area contributed by atoms with E-state index in [9.17, 15) is 31.5 Å². The van der Waals surface area contributed by atoms with Crippen molar-refractivity contribution in [3.05, 3.63) is 137 Å². The number of benzene rings is 5. The van der Waals surface area contributed by atoms with Crippen LogP contribution in [0.25, 0.3) is 21.9 Å². The topological polar surface area (TPSA) is 71.4 Å². The van der Waals surface area contributed by atoms with Gasteiger partial charge in [0.05, 0.1) is 21.8 Å². The first-order chi connectivity index (χ1) is 20.8. The van der Waals surface area contributed by atoms with Crippen molar-refractivity contribution in [2.75, 3.05) is 0 Å². The zero-order valence-corrected chi connectivity index (χ0v) is 25.0.